The van der Waals surface area contributed by atoms with Gasteiger partial charge in [0.15, 0.2) is 0 Å². The molecule has 0 aromatic heterocycles. The number of carbonyl (C=O) groups excluding carboxylic acids is 2. The number of nitrogens with zero attached hydrogens (tertiary/aromatic N) is 2. The summed E-state index contributed by atoms with van der Waals surface area (Å²) in [7, 11) is 4.15. The van der Waals surface area contributed by atoms with Crippen molar-refractivity contribution >= 4 is 29.3 Å². The summed E-state index contributed by atoms with van der Waals surface area (Å²) in [6, 6.07) is 6.03. The van der Waals surface area contributed by atoms with Crippen molar-refractivity contribution in [3.05, 3.63) is 23.8 Å². The van der Waals surface area contributed by atoms with Crippen molar-refractivity contribution in [3.63, 3.8) is 0 Å². The zero-order valence-corrected chi connectivity index (χ0v) is 14.7. The number of likely N-dealkylation sites (N-methyl/N-ethyl adjacent to an activating group) is 1. The average Bonchev–Trinajstić information content (AvgIpc) is 2.98. The summed E-state index contributed by atoms with van der Waals surface area (Å²) in [5, 5.41) is 2.85. The Hall–Kier alpha value is -1.53. The number of fused-ring (bicyclic) bond motifs is 1. The van der Waals surface area contributed by atoms with Crippen LogP contribution in [-0.2, 0) is 4.79 Å². The molecule has 1 aromatic rings. The molecule has 124 valence electrons. The van der Waals surface area contributed by atoms with Crippen LogP contribution in [0, 0.1) is 5.92 Å². The smallest absolute Gasteiger partial charge is 0.253 e. The third-order valence-electron chi connectivity index (χ3n) is 4.74. The molecular weight excluding hydrogens is 310 g/mol. The number of hydrogen-bond donors (Lipinski definition) is 1. The van der Waals surface area contributed by atoms with Crippen LogP contribution in [0.5, 0.6) is 0 Å². The first-order valence-corrected chi connectivity index (χ1v) is 9.00. The number of hydrogen-bond acceptors (Lipinski definition) is 4. The number of nitrogens with one attached hydrogen (secondary N) is 1. The van der Waals surface area contributed by atoms with E-state index in [0.717, 1.165) is 30.1 Å². The molecule has 1 N–H and O–H groups in total. The van der Waals surface area contributed by atoms with Gasteiger partial charge < -0.3 is 15.1 Å². The monoisotopic (exact) mass is 333 g/mol. The van der Waals surface area contributed by atoms with Gasteiger partial charge in [-0.3, -0.25) is 9.59 Å². The van der Waals surface area contributed by atoms with Crippen LogP contribution in [0.25, 0.3) is 0 Å². The second-order valence-corrected chi connectivity index (χ2v) is 7.47. The maximum atomic E-state index is 12.8. The fourth-order valence-electron chi connectivity index (χ4n) is 3.40. The van der Waals surface area contributed by atoms with Gasteiger partial charge in [-0.2, -0.15) is 0 Å². The summed E-state index contributed by atoms with van der Waals surface area (Å²) in [5.41, 5.74) is 1.41. The van der Waals surface area contributed by atoms with E-state index in [-0.39, 0.29) is 11.8 Å². The Morgan fingerprint density at radius 1 is 1.39 bits per heavy atom. The molecule has 2 atom stereocenters. The maximum Gasteiger partial charge on any atom is 0.253 e. The van der Waals surface area contributed by atoms with Gasteiger partial charge in [0.25, 0.3) is 5.91 Å². The van der Waals surface area contributed by atoms with Crippen LogP contribution in [0.2, 0.25) is 0 Å². The van der Waals surface area contributed by atoms with Crippen LogP contribution in [-0.4, -0.2) is 60.6 Å². The van der Waals surface area contributed by atoms with E-state index in [1.54, 1.807) is 0 Å². The van der Waals surface area contributed by atoms with E-state index < -0.39 is 0 Å². The number of carbonyl (C=O) groups is 2. The molecule has 5 nitrogen and oxygen atoms in total. The molecule has 1 aromatic carbocycles. The SMILES string of the molecule is CC[C@@H]1CN(C(=O)c2ccc3c(c2)NC(=O)CS3)C[C@H]1N(C)C. The van der Waals surface area contributed by atoms with E-state index in [0.29, 0.717) is 23.3 Å². The molecule has 2 aliphatic rings. The predicted molar refractivity (Wildman–Crippen MR) is 93.0 cm³/mol. The lowest BCUT2D eigenvalue weighted by Crippen LogP contribution is -2.36. The predicted octanol–water partition coefficient (Wildman–Crippen LogP) is 2.14. The van der Waals surface area contributed by atoms with Crippen molar-refractivity contribution in [1.29, 1.82) is 0 Å². The molecule has 2 aliphatic heterocycles. The fourth-order valence-corrected chi connectivity index (χ4v) is 4.19. The molecule has 0 unspecified atom stereocenters. The largest absolute Gasteiger partial charge is 0.337 e. The van der Waals surface area contributed by atoms with Crippen LogP contribution in [0.15, 0.2) is 23.1 Å². The molecule has 2 amide bonds. The number of thioether (sulfide) groups is 1. The molecule has 0 radical (unpaired) electrons. The first kappa shape index (κ1) is 16.3. The third-order valence-corrected chi connectivity index (χ3v) is 5.81. The highest BCUT2D eigenvalue weighted by molar-refractivity contribution is 8.00. The van der Waals surface area contributed by atoms with E-state index >= 15 is 0 Å². The van der Waals surface area contributed by atoms with Gasteiger partial charge in [-0.1, -0.05) is 13.3 Å². The molecule has 6 heteroatoms. The van der Waals surface area contributed by atoms with Crippen LogP contribution in [0.4, 0.5) is 5.69 Å². The zero-order valence-electron chi connectivity index (χ0n) is 13.8. The van der Waals surface area contributed by atoms with Crippen molar-refractivity contribution in [2.75, 3.05) is 38.3 Å². The lowest BCUT2D eigenvalue weighted by atomic mass is 10.0. The number of likely N-dealkylation sites (tertiary alicyclic amines) is 1. The number of amides is 2. The fraction of sp³-hybridized carbons (Fsp3) is 0.529. The number of benzene rings is 1. The highest BCUT2D eigenvalue weighted by atomic mass is 32.2. The summed E-state index contributed by atoms with van der Waals surface area (Å²) in [6.07, 6.45) is 1.07. The molecule has 23 heavy (non-hydrogen) atoms. The van der Waals surface area contributed by atoms with Crippen LogP contribution < -0.4 is 5.32 Å². The van der Waals surface area contributed by atoms with E-state index in [4.69, 9.17) is 0 Å². The first-order chi connectivity index (χ1) is 11.0. The van der Waals surface area contributed by atoms with Crippen molar-refractivity contribution in [1.82, 2.24) is 9.80 Å². The van der Waals surface area contributed by atoms with Gasteiger partial charge in [-0.25, -0.2) is 0 Å². The van der Waals surface area contributed by atoms with Gasteiger partial charge >= 0.3 is 0 Å². The molecule has 2 heterocycles. The van der Waals surface area contributed by atoms with E-state index in [9.17, 15) is 9.59 Å². The first-order valence-electron chi connectivity index (χ1n) is 8.02. The van der Waals surface area contributed by atoms with Crippen molar-refractivity contribution in [2.45, 2.75) is 24.3 Å². The third kappa shape index (κ3) is 3.23. The Balaban J connectivity index is 1.79. The molecule has 1 saturated heterocycles. The topological polar surface area (TPSA) is 52.7 Å². The standard InChI is InChI=1S/C17H23N3O2S/c1-4-11-8-20(9-14(11)19(2)3)17(22)12-5-6-15-13(7-12)18-16(21)10-23-15/h5-7,11,14H,4,8-10H2,1-3H3,(H,18,21)/t11-,14-/m1/s1. The molecule has 0 spiro atoms. The highest BCUT2D eigenvalue weighted by Gasteiger charge is 2.35. The minimum Gasteiger partial charge on any atom is -0.337 e. The summed E-state index contributed by atoms with van der Waals surface area (Å²) < 4.78 is 0. The molecule has 1 fully saturated rings. The van der Waals surface area contributed by atoms with Gasteiger partial charge in [0.1, 0.15) is 0 Å². The normalized spacial score (nSPS) is 23.8. The van der Waals surface area contributed by atoms with Crippen LogP contribution >= 0.6 is 11.8 Å². The van der Waals surface area contributed by atoms with Crippen LogP contribution in [0.3, 0.4) is 0 Å². The van der Waals surface area contributed by atoms with Gasteiger partial charge in [-0.05, 0) is 38.2 Å². The minimum atomic E-state index is -0.00742. The lowest BCUT2D eigenvalue weighted by Gasteiger charge is -2.24. The van der Waals surface area contributed by atoms with Gasteiger partial charge in [0.2, 0.25) is 5.91 Å². The van der Waals surface area contributed by atoms with Gasteiger partial charge in [0.05, 0.1) is 11.4 Å². The molecule has 3 rings (SSSR count). The van der Waals surface area contributed by atoms with Gasteiger partial charge in [0, 0.05) is 29.6 Å². The zero-order chi connectivity index (χ0) is 16.6. The number of anilines is 1. The van der Waals surface area contributed by atoms with E-state index in [1.165, 1.54) is 11.8 Å². The van der Waals surface area contributed by atoms with Crippen molar-refractivity contribution in [3.8, 4) is 0 Å². The second kappa shape index (κ2) is 6.53. The van der Waals surface area contributed by atoms with Crippen LogP contribution in [0.1, 0.15) is 23.7 Å². The Morgan fingerprint density at radius 3 is 2.83 bits per heavy atom. The molecular formula is C17H23N3O2S. The molecule has 0 aliphatic carbocycles. The average molecular weight is 333 g/mol. The Kier molecular flexibility index (Phi) is 4.64. The Bertz CT molecular complexity index is 632. The minimum absolute atomic E-state index is 0.00742. The Morgan fingerprint density at radius 2 is 2.17 bits per heavy atom. The molecule has 0 saturated carbocycles. The van der Waals surface area contributed by atoms with Crippen molar-refractivity contribution in [2.24, 2.45) is 5.92 Å². The lowest BCUT2D eigenvalue weighted by molar-refractivity contribution is -0.113. The summed E-state index contributed by atoms with van der Waals surface area (Å²) in [5.74, 6) is 1.00. The summed E-state index contributed by atoms with van der Waals surface area (Å²) in [6.45, 7) is 3.75. The van der Waals surface area contributed by atoms with Gasteiger partial charge in [-0.15, -0.1) is 11.8 Å². The number of rotatable bonds is 3. The van der Waals surface area contributed by atoms with Crippen molar-refractivity contribution < 1.29 is 9.59 Å². The Labute approximate surface area is 141 Å². The quantitative estimate of drug-likeness (QED) is 0.921. The highest BCUT2D eigenvalue weighted by Crippen LogP contribution is 2.33. The van der Waals surface area contributed by atoms with E-state index in [2.05, 4.69) is 31.2 Å². The summed E-state index contributed by atoms with van der Waals surface area (Å²) >= 11 is 1.51. The summed E-state index contributed by atoms with van der Waals surface area (Å²) in [4.78, 5) is 29.5. The second-order valence-electron chi connectivity index (χ2n) is 6.46. The maximum absolute atomic E-state index is 12.8. The molecule has 0 bridgehead atoms. The van der Waals surface area contributed by atoms with E-state index in [1.807, 2.05) is 23.1 Å².